The van der Waals surface area contributed by atoms with E-state index in [1.807, 2.05) is 0 Å². The third kappa shape index (κ3) is 9.27. The maximum Gasteiger partial charge on any atom is 0.335 e. The molecule has 0 saturated carbocycles. The molecule has 0 aliphatic carbocycles. The molecule has 78 valence electrons. The monoisotopic (exact) mass is 232 g/mol. The zero-order valence-electron chi connectivity index (χ0n) is 9.57. The summed E-state index contributed by atoms with van der Waals surface area (Å²) in [7, 11) is 0. The number of hydrogen-bond acceptors (Lipinski definition) is 1. The summed E-state index contributed by atoms with van der Waals surface area (Å²) in [6.45, 7) is 2.25. The number of benzene rings is 1. The largest absolute Gasteiger partial charge is 0.478 e. The van der Waals surface area contributed by atoms with Crippen LogP contribution < -0.4 is 0 Å². The van der Waals surface area contributed by atoms with Gasteiger partial charge in [0.25, 0.3) is 0 Å². The Balaban J connectivity index is 0.000000288. The summed E-state index contributed by atoms with van der Waals surface area (Å²) in [6.07, 6.45) is 4.34. The molecule has 0 bridgehead atoms. The quantitative estimate of drug-likeness (QED) is 0.639. The van der Waals surface area contributed by atoms with Crippen molar-refractivity contribution in [1.29, 1.82) is 0 Å². The van der Waals surface area contributed by atoms with E-state index >= 15 is 0 Å². The maximum absolute atomic E-state index is 10.2. The SMILES string of the molecule is CCCC[CH2][K].O=C(O)c1ccccc1. The first-order chi connectivity index (χ1) is 7.22. The number of carboxylic acids is 1. The summed E-state index contributed by atoms with van der Waals surface area (Å²) in [6, 6.07) is 8.30. The fourth-order valence-electron chi connectivity index (χ4n) is 1.08. The molecule has 0 radical (unpaired) electrons. The van der Waals surface area contributed by atoms with E-state index in [9.17, 15) is 4.79 Å². The predicted octanol–water partition coefficient (Wildman–Crippen LogP) is 3.15. The van der Waals surface area contributed by atoms with Gasteiger partial charge in [0.15, 0.2) is 0 Å². The van der Waals surface area contributed by atoms with Crippen LogP contribution in [0, 0.1) is 0 Å². The van der Waals surface area contributed by atoms with Crippen LogP contribution in [0.25, 0.3) is 0 Å². The van der Waals surface area contributed by atoms with Gasteiger partial charge in [0, 0.05) is 0 Å². The third-order valence-corrected chi connectivity index (χ3v) is 3.08. The van der Waals surface area contributed by atoms with E-state index in [2.05, 4.69) is 6.92 Å². The van der Waals surface area contributed by atoms with Gasteiger partial charge >= 0.3 is 81.6 Å². The molecule has 0 unspecified atom stereocenters. The van der Waals surface area contributed by atoms with Gasteiger partial charge in [-0.2, -0.15) is 0 Å². The molecule has 15 heavy (non-hydrogen) atoms. The van der Waals surface area contributed by atoms with Gasteiger partial charge in [0.05, 0.1) is 5.56 Å². The van der Waals surface area contributed by atoms with Crippen LogP contribution in [0.3, 0.4) is 0 Å². The summed E-state index contributed by atoms with van der Waals surface area (Å²) in [5.74, 6) is -0.879. The van der Waals surface area contributed by atoms with Crippen molar-refractivity contribution in [1.82, 2.24) is 0 Å². The van der Waals surface area contributed by atoms with E-state index < -0.39 is 5.97 Å². The Hall–Kier alpha value is 0.326. The first kappa shape index (κ1) is 15.3. The van der Waals surface area contributed by atoms with Gasteiger partial charge in [-0.3, -0.25) is 0 Å². The van der Waals surface area contributed by atoms with Crippen LogP contribution in [0.15, 0.2) is 30.3 Å². The van der Waals surface area contributed by atoms with Gasteiger partial charge < -0.3 is 5.11 Å². The van der Waals surface area contributed by atoms with Crippen LogP contribution >= 0.6 is 0 Å². The van der Waals surface area contributed by atoms with Crippen LogP contribution in [0.2, 0.25) is 0.515 Å². The Morgan fingerprint density at radius 3 is 2.13 bits per heavy atom. The summed E-state index contributed by atoms with van der Waals surface area (Å²) >= 11 is 1.11. The van der Waals surface area contributed by atoms with Crippen molar-refractivity contribution in [3.63, 3.8) is 0 Å². The summed E-state index contributed by atoms with van der Waals surface area (Å²) in [5, 5.41) is 8.38. The standard InChI is InChI=1S/C7H6O2.C5H11.K/c8-7(9)6-4-2-1-3-5-6;1-3-5-4-2;/h1-5H,(H,8,9);1,3-5H2,2H3;. The van der Waals surface area contributed by atoms with Crippen molar-refractivity contribution in [3.05, 3.63) is 35.9 Å². The van der Waals surface area contributed by atoms with E-state index in [0.717, 1.165) is 49.0 Å². The molecule has 3 heteroatoms. The molecule has 0 amide bonds. The minimum atomic E-state index is -0.879. The van der Waals surface area contributed by atoms with Crippen LogP contribution in [-0.4, -0.2) is 60.0 Å². The predicted molar refractivity (Wildman–Crippen MR) is 63.5 cm³/mol. The van der Waals surface area contributed by atoms with E-state index in [1.165, 1.54) is 19.3 Å². The summed E-state index contributed by atoms with van der Waals surface area (Å²) in [5.41, 5.74) is 0.331. The zero-order valence-corrected chi connectivity index (χ0v) is 12.7. The first-order valence-electron chi connectivity index (χ1n) is 5.50. The molecule has 0 aromatic heterocycles. The van der Waals surface area contributed by atoms with Crippen molar-refractivity contribution >= 4 is 54.9 Å². The van der Waals surface area contributed by atoms with Crippen molar-refractivity contribution < 1.29 is 9.90 Å². The molecule has 1 rings (SSSR count). The molecule has 0 heterocycles. The minimum Gasteiger partial charge on any atom is -0.478 e. The smallest absolute Gasteiger partial charge is 0.335 e. The van der Waals surface area contributed by atoms with Gasteiger partial charge in [0.2, 0.25) is 0 Å². The van der Waals surface area contributed by atoms with Crippen molar-refractivity contribution in [2.24, 2.45) is 0 Å². The molecular formula is C12H17KO2. The number of rotatable bonds is 4. The molecule has 2 nitrogen and oxygen atoms in total. The Labute approximate surface area is 126 Å². The molecule has 1 aromatic rings. The van der Waals surface area contributed by atoms with E-state index in [-0.39, 0.29) is 0 Å². The third-order valence-electron chi connectivity index (χ3n) is 1.98. The molecule has 0 fully saturated rings. The number of carboxylic acid groups (broad SMARTS) is 1. The molecular weight excluding hydrogens is 215 g/mol. The topological polar surface area (TPSA) is 37.3 Å². The molecule has 0 saturated heterocycles. The van der Waals surface area contributed by atoms with Crippen molar-refractivity contribution in [3.8, 4) is 0 Å². The zero-order chi connectivity index (χ0) is 11.5. The van der Waals surface area contributed by atoms with E-state index in [4.69, 9.17) is 5.11 Å². The molecule has 1 N–H and O–H groups in total. The summed E-state index contributed by atoms with van der Waals surface area (Å²) < 4.78 is 1.54. The second-order valence-corrected chi connectivity index (χ2v) is 4.94. The van der Waals surface area contributed by atoms with Gasteiger partial charge in [-0.25, -0.2) is 4.79 Å². The fraction of sp³-hybridized carbons (Fsp3) is 0.417. The molecule has 0 aliphatic rings. The van der Waals surface area contributed by atoms with E-state index in [0.29, 0.717) is 5.56 Å². The van der Waals surface area contributed by atoms with Crippen LogP contribution in [-0.2, 0) is 0 Å². The Morgan fingerprint density at radius 2 is 1.87 bits per heavy atom. The van der Waals surface area contributed by atoms with Gasteiger partial charge in [-0.1, -0.05) is 18.2 Å². The van der Waals surface area contributed by atoms with E-state index in [1.54, 1.807) is 30.8 Å². The molecule has 0 atom stereocenters. The Bertz CT molecular complexity index is 256. The van der Waals surface area contributed by atoms with Crippen molar-refractivity contribution in [2.75, 3.05) is 0 Å². The van der Waals surface area contributed by atoms with Gasteiger partial charge in [-0.15, -0.1) is 0 Å². The number of hydrogen-bond donors (Lipinski definition) is 1. The molecule has 0 aliphatic heterocycles. The number of carbonyl (C=O) groups is 1. The minimum absolute atomic E-state index is 0.331. The number of aromatic carboxylic acids is 1. The normalized spacial score (nSPS) is 9.00. The second kappa shape index (κ2) is 10.8. The van der Waals surface area contributed by atoms with Gasteiger partial charge in [-0.05, 0) is 12.1 Å². The summed E-state index contributed by atoms with van der Waals surface area (Å²) in [4.78, 5) is 10.2. The van der Waals surface area contributed by atoms with Crippen LogP contribution in [0.4, 0.5) is 0 Å². The molecule has 1 aromatic carbocycles. The fourth-order valence-corrected chi connectivity index (χ4v) is 1.86. The second-order valence-electron chi connectivity index (χ2n) is 3.38. The van der Waals surface area contributed by atoms with Crippen molar-refractivity contribution in [2.45, 2.75) is 26.7 Å². The van der Waals surface area contributed by atoms with Gasteiger partial charge in [0.1, 0.15) is 0 Å². The Morgan fingerprint density at radius 1 is 1.27 bits per heavy atom. The van der Waals surface area contributed by atoms with Crippen LogP contribution in [0.1, 0.15) is 36.5 Å². The first-order valence-corrected chi connectivity index (χ1v) is 7.71. The number of unbranched alkanes of at least 4 members (excludes halogenated alkanes) is 2. The molecule has 0 spiro atoms. The maximum atomic E-state index is 10.2. The Kier molecular flexibility index (Phi) is 11.1. The average Bonchev–Trinajstić information content (AvgIpc) is 2.28. The van der Waals surface area contributed by atoms with Crippen LogP contribution in [0.5, 0.6) is 0 Å². The average molecular weight is 232 g/mol.